The summed E-state index contributed by atoms with van der Waals surface area (Å²) in [5.41, 5.74) is 2.12. The predicted molar refractivity (Wildman–Crippen MR) is 87.0 cm³/mol. The first kappa shape index (κ1) is 15.7. The number of rotatable bonds is 7. The van der Waals surface area contributed by atoms with E-state index in [-0.39, 0.29) is 13.2 Å². The largest absolute Gasteiger partial charge is 0.493 e. The molecule has 0 bridgehead atoms. The van der Waals surface area contributed by atoms with Crippen LogP contribution in [0.15, 0.2) is 46.9 Å². The van der Waals surface area contributed by atoms with E-state index in [1.54, 1.807) is 7.11 Å². The number of methoxy groups -OCH3 is 1. The molecule has 4 nitrogen and oxygen atoms in total. The van der Waals surface area contributed by atoms with Gasteiger partial charge in [-0.2, -0.15) is 0 Å². The minimum atomic E-state index is -0.0281. The number of anilines is 1. The Labute approximate surface area is 132 Å². The summed E-state index contributed by atoms with van der Waals surface area (Å²) in [6.45, 7) is 0.936. The van der Waals surface area contributed by atoms with Crippen molar-refractivity contribution in [2.24, 2.45) is 0 Å². The van der Waals surface area contributed by atoms with Crippen molar-refractivity contribution in [1.82, 2.24) is 0 Å². The molecule has 112 valence electrons. The summed E-state index contributed by atoms with van der Waals surface area (Å²) < 4.78 is 11.8. The zero-order valence-electron chi connectivity index (χ0n) is 11.8. The molecular weight excluding hydrogens is 334 g/mol. The van der Waals surface area contributed by atoms with Crippen LogP contribution in [-0.2, 0) is 6.54 Å². The second-order valence-electron chi connectivity index (χ2n) is 4.42. The fraction of sp³-hybridized carbons (Fsp3) is 0.250. The third-order valence-corrected chi connectivity index (χ3v) is 3.45. The van der Waals surface area contributed by atoms with Gasteiger partial charge in [-0.1, -0.05) is 28.1 Å². The Morgan fingerprint density at radius 3 is 2.52 bits per heavy atom. The van der Waals surface area contributed by atoms with E-state index in [9.17, 15) is 0 Å². The van der Waals surface area contributed by atoms with Crippen LogP contribution < -0.4 is 14.8 Å². The Balaban J connectivity index is 2.04. The molecule has 0 spiro atoms. The second-order valence-corrected chi connectivity index (χ2v) is 5.33. The molecule has 0 saturated carbocycles. The van der Waals surface area contributed by atoms with Crippen LogP contribution in [0.1, 0.15) is 5.56 Å². The van der Waals surface area contributed by atoms with Crippen molar-refractivity contribution in [2.45, 2.75) is 6.54 Å². The molecule has 0 aliphatic heterocycles. The van der Waals surface area contributed by atoms with Gasteiger partial charge in [-0.25, -0.2) is 0 Å². The maximum atomic E-state index is 8.85. The van der Waals surface area contributed by atoms with E-state index < -0.39 is 0 Å². The summed E-state index contributed by atoms with van der Waals surface area (Å²) in [7, 11) is 1.59. The second kappa shape index (κ2) is 7.90. The summed E-state index contributed by atoms with van der Waals surface area (Å²) in [5.74, 6) is 1.27. The van der Waals surface area contributed by atoms with Crippen molar-refractivity contribution in [1.29, 1.82) is 0 Å². The Morgan fingerprint density at radius 2 is 1.86 bits per heavy atom. The average molecular weight is 352 g/mol. The first-order valence-electron chi connectivity index (χ1n) is 6.63. The van der Waals surface area contributed by atoms with Crippen LogP contribution in [0.25, 0.3) is 0 Å². The molecule has 0 unspecified atom stereocenters. The fourth-order valence-corrected chi connectivity index (χ4v) is 2.13. The lowest BCUT2D eigenvalue weighted by Gasteiger charge is -2.13. The molecule has 2 rings (SSSR count). The van der Waals surface area contributed by atoms with Crippen LogP contribution in [0.3, 0.4) is 0 Å². The number of aliphatic hydroxyl groups is 1. The van der Waals surface area contributed by atoms with Gasteiger partial charge < -0.3 is 19.9 Å². The summed E-state index contributed by atoms with van der Waals surface area (Å²) in [6, 6.07) is 13.8. The first-order valence-corrected chi connectivity index (χ1v) is 7.42. The van der Waals surface area contributed by atoms with Crippen LogP contribution in [0.4, 0.5) is 5.69 Å². The van der Waals surface area contributed by atoms with Crippen LogP contribution in [0, 0.1) is 0 Å². The average Bonchev–Trinajstić information content (AvgIpc) is 2.52. The van der Waals surface area contributed by atoms with E-state index >= 15 is 0 Å². The lowest BCUT2D eigenvalue weighted by molar-refractivity contribution is 0.196. The van der Waals surface area contributed by atoms with E-state index in [0.29, 0.717) is 11.5 Å². The number of halogens is 1. The van der Waals surface area contributed by atoms with E-state index in [2.05, 4.69) is 33.4 Å². The van der Waals surface area contributed by atoms with Crippen molar-refractivity contribution < 1.29 is 14.6 Å². The van der Waals surface area contributed by atoms with E-state index in [4.69, 9.17) is 14.6 Å². The minimum Gasteiger partial charge on any atom is -0.493 e. The van der Waals surface area contributed by atoms with Gasteiger partial charge >= 0.3 is 0 Å². The number of hydrogen-bond acceptors (Lipinski definition) is 4. The lowest BCUT2D eigenvalue weighted by Crippen LogP contribution is -2.04. The normalized spacial score (nSPS) is 10.2. The Morgan fingerprint density at radius 1 is 1.10 bits per heavy atom. The molecule has 0 aromatic heterocycles. The van der Waals surface area contributed by atoms with Gasteiger partial charge in [0.15, 0.2) is 11.5 Å². The lowest BCUT2D eigenvalue weighted by atomic mass is 10.2. The highest BCUT2D eigenvalue weighted by Gasteiger charge is 2.05. The molecule has 2 N–H and O–H groups in total. The minimum absolute atomic E-state index is 0.0281. The monoisotopic (exact) mass is 351 g/mol. The third-order valence-electron chi connectivity index (χ3n) is 2.92. The molecule has 2 aromatic carbocycles. The molecule has 0 saturated heterocycles. The van der Waals surface area contributed by atoms with Crippen molar-refractivity contribution in [2.75, 3.05) is 25.6 Å². The maximum absolute atomic E-state index is 8.85. The molecule has 0 heterocycles. The maximum Gasteiger partial charge on any atom is 0.163 e. The van der Waals surface area contributed by atoms with Gasteiger partial charge in [0.25, 0.3) is 0 Å². The van der Waals surface area contributed by atoms with Crippen molar-refractivity contribution in [3.63, 3.8) is 0 Å². The first-order chi connectivity index (χ1) is 10.2. The quantitative estimate of drug-likeness (QED) is 0.802. The zero-order valence-corrected chi connectivity index (χ0v) is 13.4. The highest BCUT2D eigenvalue weighted by molar-refractivity contribution is 9.10. The predicted octanol–water partition coefficient (Wildman–Crippen LogP) is 3.44. The number of ether oxygens (including phenoxy) is 2. The molecular formula is C16H18BrNO3. The van der Waals surface area contributed by atoms with Crippen LogP contribution in [0.5, 0.6) is 11.5 Å². The summed E-state index contributed by atoms with van der Waals surface area (Å²) in [6.07, 6.45) is 0. The summed E-state index contributed by atoms with van der Waals surface area (Å²) in [4.78, 5) is 0. The van der Waals surface area contributed by atoms with Crippen LogP contribution >= 0.6 is 15.9 Å². The van der Waals surface area contributed by atoms with Crippen LogP contribution in [-0.4, -0.2) is 25.4 Å². The van der Waals surface area contributed by atoms with Gasteiger partial charge in [0, 0.05) is 22.8 Å². The Hall–Kier alpha value is -1.72. The van der Waals surface area contributed by atoms with Gasteiger partial charge in [-0.05, 0) is 29.8 Å². The SMILES string of the molecule is COc1ccc(NCc2ccc(Br)cc2)cc1OCCO. The van der Waals surface area contributed by atoms with E-state index in [0.717, 1.165) is 16.7 Å². The molecule has 0 aliphatic rings. The van der Waals surface area contributed by atoms with Gasteiger partial charge in [-0.15, -0.1) is 0 Å². The van der Waals surface area contributed by atoms with Crippen molar-refractivity contribution in [3.8, 4) is 11.5 Å². The standard InChI is InChI=1S/C16H18BrNO3/c1-20-15-7-6-14(10-16(15)21-9-8-19)18-11-12-2-4-13(17)5-3-12/h2-7,10,18-19H,8-9,11H2,1H3. The number of aliphatic hydroxyl groups excluding tert-OH is 1. The summed E-state index contributed by atoms with van der Waals surface area (Å²) >= 11 is 3.42. The highest BCUT2D eigenvalue weighted by atomic mass is 79.9. The molecule has 0 amide bonds. The zero-order chi connectivity index (χ0) is 15.1. The molecule has 0 aliphatic carbocycles. The number of hydrogen-bond donors (Lipinski definition) is 2. The highest BCUT2D eigenvalue weighted by Crippen LogP contribution is 2.30. The molecule has 5 heteroatoms. The van der Waals surface area contributed by atoms with Gasteiger partial charge in [0.05, 0.1) is 13.7 Å². The van der Waals surface area contributed by atoms with E-state index in [1.807, 2.05) is 30.3 Å². The Kier molecular flexibility index (Phi) is 5.90. The topological polar surface area (TPSA) is 50.7 Å². The third kappa shape index (κ3) is 4.65. The van der Waals surface area contributed by atoms with E-state index in [1.165, 1.54) is 5.56 Å². The molecule has 0 atom stereocenters. The van der Waals surface area contributed by atoms with Gasteiger partial charge in [0.1, 0.15) is 6.61 Å². The van der Waals surface area contributed by atoms with Crippen LogP contribution in [0.2, 0.25) is 0 Å². The molecule has 21 heavy (non-hydrogen) atoms. The number of benzene rings is 2. The molecule has 2 aromatic rings. The number of nitrogens with one attached hydrogen (secondary N) is 1. The van der Waals surface area contributed by atoms with Gasteiger partial charge in [0.2, 0.25) is 0 Å². The molecule has 0 fully saturated rings. The van der Waals surface area contributed by atoms with Crippen molar-refractivity contribution in [3.05, 3.63) is 52.5 Å². The smallest absolute Gasteiger partial charge is 0.163 e. The fourth-order valence-electron chi connectivity index (χ4n) is 1.86. The Bertz CT molecular complexity index is 572. The van der Waals surface area contributed by atoms with Crippen molar-refractivity contribution >= 4 is 21.6 Å². The molecule has 0 radical (unpaired) electrons. The summed E-state index contributed by atoms with van der Waals surface area (Å²) in [5, 5.41) is 12.2. The van der Waals surface area contributed by atoms with Gasteiger partial charge in [-0.3, -0.25) is 0 Å².